The van der Waals surface area contributed by atoms with Crippen LogP contribution in [0.2, 0.25) is 0 Å². The number of carbonyl (C=O) groups excluding carboxylic acids is 1. The molecule has 0 aromatic rings. The van der Waals surface area contributed by atoms with Gasteiger partial charge >= 0.3 is 0 Å². The molecule has 96 valence electrons. The average Bonchev–Trinajstić information content (AvgIpc) is 2.28. The molecule has 1 N–H and O–H groups in total. The quantitative estimate of drug-likeness (QED) is 0.748. The number of aliphatic hydroxyl groups excluding tert-OH is 1. The Bertz CT molecular complexity index is 336. The van der Waals surface area contributed by atoms with Gasteiger partial charge in [-0.2, -0.15) is 0 Å². The third-order valence-electron chi connectivity index (χ3n) is 5.38. The Labute approximate surface area is 104 Å². The predicted molar refractivity (Wildman–Crippen MR) is 68.6 cm³/mol. The molecule has 0 aromatic carbocycles. The van der Waals surface area contributed by atoms with Crippen LogP contribution < -0.4 is 0 Å². The fourth-order valence-electron chi connectivity index (χ4n) is 4.22. The second-order valence-corrected chi connectivity index (χ2v) is 6.34. The third kappa shape index (κ3) is 1.77. The number of rotatable bonds is 2. The van der Waals surface area contributed by atoms with E-state index in [4.69, 9.17) is 0 Å². The first-order valence-electron chi connectivity index (χ1n) is 6.77. The van der Waals surface area contributed by atoms with Gasteiger partial charge < -0.3 is 5.11 Å². The Hall–Kier alpha value is -0.630. The number of carbonyl (C=O) groups is 1. The molecule has 2 rings (SSSR count). The highest BCUT2D eigenvalue weighted by Crippen LogP contribution is 2.57. The number of aliphatic hydroxyl groups is 1. The van der Waals surface area contributed by atoms with Crippen molar-refractivity contribution in [1.29, 1.82) is 0 Å². The van der Waals surface area contributed by atoms with E-state index in [0.29, 0.717) is 11.7 Å². The summed E-state index contributed by atoms with van der Waals surface area (Å²) in [4.78, 5) is 12.2. The van der Waals surface area contributed by atoms with E-state index in [-0.39, 0.29) is 16.9 Å². The molecule has 2 saturated carbocycles. The van der Waals surface area contributed by atoms with Gasteiger partial charge in [0.05, 0.1) is 6.10 Å². The van der Waals surface area contributed by atoms with Gasteiger partial charge in [0.2, 0.25) is 0 Å². The summed E-state index contributed by atoms with van der Waals surface area (Å²) >= 11 is 0. The first-order chi connectivity index (χ1) is 7.95. The van der Waals surface area contributed by atoms with Gasteiger partial charge in [-0.25, -0.2) is 0 Å². The van der Waals surface area contributed by atoms with E-state index >= 15 is 0 Å². The minimum atomic E-state index is -0.288. The summed E-state index contributed by atoms with van der Waals surface area (Å²) in [6.45, 7) is 8.07. The van der Waals surface area contributed by atoms with Crippen molar-refractivity contribution < 1.29 is 9.90 Å². The zero-order chi connectivity index (χ0) is 12.7. The van der Waals surface area contributed by atoms with Gasteiger partial charge in [0.25, 0.3) is 0 Å². The molecule has 4 atom stereocenters. The van der Waals surface area contributed by atoms with E-state index < -0.39 is 0 Å². The first-order valence-corrected chi connectivity index (χ1v) is 6.77. The van der Waals surface area contributed by atoms with Crippen molar-refractivity contribution in [2.45, 2.75) is 58.5 Å². The van der Waals surface area contributed by atoms with Crippen molar-refractivity contribution in [1.82, 2.24) is 0 Å². The molecular weight excluding hydrogens is 212 g/mol. The van der Waals surface area contributed by atoms with Crippen molar-refractivity contribution in [3.05, 3.63) is 12.7 Å². The minimum Gasteiger partial charge on any atom is -0.393 e. The summed E-state index contributed by atoms with van der Waals surface area (Å²) in [7, 11) is 0. The molecule has 0 radical (unpaired) electrons. The van der Waals surface area contributed by atoms with Gasteiger partial charge in [-0.15, -0.1) is 6.58 Å². The maximum absolute atomic E-state index is 12.2. The highest BCUT2D eigenvalue weighted by Gasteiger charge is 2.56. The molecule has 2 aliphatic carbocycles. The van der Waals surface area contributed by atoms with Crippen LogP contribution in [0, 0.1) is 16.7 Å². The van der Waals surface area contributed by atoms with Crippen LogP contribution in [0.5, 0.6) is 0 Å². The molecule has 2 nitrogen and oxygen atoms in total. The van der Waals surface area contributed by atoms with Gasteiger partial charge in [-0.3, -0.25) is 4.79 Å². The summed E-state index contributed by atoms with van der Waals surface area (Å²) in [5.41, 5.74) is -0.361. The summed E-state index contributed by atoms with van der Waals surface area (Å²) < 4.78 is 0. The Morgan fingerprint density at radius 2 is 2.18 bits per heavy atom. The van der Waals surface area contributed by atoms with Crippen LogP contribution in [0.25, 0.3) is 0 Å². The lowest BCUT2D eigenvalue weighted by Crippen LogP contribution is -2.55. The summed E-state index contributed by atoms with van der Waals surface area (Å²) in [6, 6.07) is 0. The van der Waals surface area contributed by atoms with Crippen LogP contribution in [0.15, 0.2) is 12.7 Å². The molecule has 2 heteroatoms. The molecule has 0 saturated heterocycles. The lowest BCUT2D eigenvalue weighted by molar-refractivity contribution is -0.156. The molecule has 0 spiro atoms. The SMILES string of the molecule is C=CC[C@]1(C)[C@@H](O)CC[C@]2(C)C(=O)CCC[C@@H]12. The number of hydrogen-bond donors (Lipinski definition) is 1. The highest BCUT2D eigenvalue weighted by atomic mass is 16.3. The van der Waals surface area contributed by atoms with Gasteiger partial charge in [0, 0.05) is 17.3 Å². The molecule has 0 amide bonds. The van der Waals surface area contributed by atoms with Crippen LogP contribution in [0.4, 0.5) is 0 Å². The second-order valence-electron chi connectivity index (χ2n) is 6.34. The molecule has 0 aromatic heterocycles. The van der Waals surface area contributed by atoms with Crippen LogP contribution in [-0.4, -0.2) is 17.0 Å². The zero-order valence-electron chi connectivity index (χ0n) is 11.0. The number of hydrogen-bond acceptors (Lipinski definition) is 2. The Balaban J connectivity index is 2.37. The summed E-state index contributed by atoms with van der Waals surface area (Å²) in [5.74, 6) is 0.730. The fourth-order valence-corrected chi connectivity index (χ4v) is 4.22. The Kier molecular flexibility index (Phi) is 3.19. The van der Waals surface area contributed by atoms with Crippen molar-refractivity contribution in [3.8, 4) is 0 Å². The lowest BCUT2D eigenvalue weighted by Gasteiger charge is -2.55. The van der Waals surface area contributed by atoms with Crippen LogP contribution in [0.3, 0.4) is 0 Å². The standard InChI is InChI=1S/C15H24O2/c1-4-9-14(2)11-6-5-7-12(16)15(11,3)10-8-13(14)17/h4,11,13,17H,1,5-10H2,2-3H3/t11-,13-,14-,15-/m0/s1. The van der Waals surface area contributed by atoms with Gasteiger partial charge in [0.15, 0.2) is 0 Å². The van der Waals surface area contributed by atoms with E-state index in [9.17, 15) is 9.90 Å². The van der Waals surface area contributed by atoms with Crippen molar-refractivity contribution in [2.24, 2.45) is 16.7 Å². The van der Waals surface area contributed by atoms with Crippen LogP contribution in [0.1, 0.15) is 52.4 Å². The molecule has 17 heavy (non-hydrogen) atoms. The molecule has 0 bridgehead atoms. The first kappa shape index (κ1) is 12.8. The number of ketones is 1. The zero-order valence-corrected chi connectivity index (χ0v) is 11.0. The largest absolute Gasteiger partial charge is 0.393 e. The third-order valence-corrected chi connectivity index (χ3v) is 5.38. The van der Waals surface area contributed by atoms with E-state index in [2.05, 4.69) is 20.4 Å². The molecule has 2 aliphatic rings. The molecule has 2 fully saturated rings. The predicted octanol–water partition coefficient (Wildman–Crippen LogP) is 3.10. The highest BCUT2D eigenvalue weighted by molar-refractivity contribution is 5.85. The van der Waals surface area contributed by atoms with Crippen molar-refractivity contribution in [2.75, 3.05) is 0 Å². The number of Topliss-reactive ketones (excluding diaryl/α,β-unsaturated/α-hetero) is 1. The van der Waals surface area contributed by atoms with Gasteiger partial charge in [-0.1, -0.05) is 19.9 Å². The van der Waals surface area contributed by atoms with E-state index in [1.807, 2.05) is 6.08 Å². The van der Waals surface area contributed by atoms with Gasteiger partial charge in [0.1, 0.15) is 5.78 Å². The smallest absolute Gasteiger partial charge is 0.139 e. The second kappa shape index (κ2) is 4.24. The Morgan fingerprint density at radius 3 is 2.82 bits per heavy atom. The Morgan fingerprint density at radius 1 is 1.47 bits per heavy atom. The van der Waals surface area contributed by atoms with E-state index in [1.165, 1.54) is 0 Å². The molecule has 0 heterocycles. The average molecular weight is 236 g/mol. The maximum Gasteiger partial charge on any atom is 0.139 e. The summed E-state index contributed by atoms with van der Waals surface area (Å²) in [5, 5.41) is 10.3. The van der Waals surface area contributed by atoms with Crippen LogP contribution >= 0.6 is 0 Å². The molecule has 0 unspecified atom stereocenters. The normalized spacial score (nSPS) is 46.4. The number of allylic oxidation sites excluding steroid dienone is 1. The molecule has 0 aliphatic heterocycles. The van der Waals surface area contributed by atoms with Crippen molar-refractivity contribution in [3.63, 3.8) is 0 Å². The molecular formula is C15H24O2. The topological polar surface area (TPSA) is 37.3 Å². The number of fused-ring (bicyclic) bond motifs is 1. The monoisotopic (exact) mass is 236 g/mol. The minimum absolute atomic E-state index is 0.162. The van der Waals surface area contributed by atoms with Crippen molar-refractivity contribution >= 4 is 5.78 Å². The van der Waals surface area contributed by atoms with E-state index in [0.717, 1.165) is 38.5 Å². The van der Waals surface area contributed by atoms with E-state index in [1.54, 1.807) is 0 Å². The fraction of sp³-hybridized carbons (Fsp3) is 0.800. The van der Waals surface area contributed by atoms with Gasteiger partial charge in [-0.05, 0) is 38.0 Å². The maximum atomic E-state index is 12.2. The summed E-state index contributed by atoms with van der Waals surface area (Å²) in [6.07, 6.45) is 6.81. The lowest BCUT2D eigenvalue weighted by atomic mass is 9.49. The van der Waals surface area contributed by atoms with Crippen LogP contribution in [-0.2, 0) is 4.79 Å².